The fourth-order valence-electron chi connectivity index (χ4n) is 8.41. The molecule has 5 nitrogen and oxygen atoms in total. The van der Waals surface area contributed by atoms with Gasteiger partial charge in [0.2, 0.25) is 0 Å². The fraction of sp³-hybridized carbons (Fsp3) is 0. The van der Waals surface area contributed by atoms with E-state index < -0.39 is 0 Å². The van der Waals surface area contributed by atoms with Crippen molar-refractivity contribution in [3.05, 3.63) is 182 Å². The van der Waals surface area contributed by atoms with Gasteiger partial charge < -0.3 is 8.98 Å². The molecule has 57 heavy (non-hydrogen) atoms. The van der Waals surface area contributed by atoms with Crippen LogP contribution >= 0.6 is 11.3 Å². The first-order valence-electron chi connectivity index (χ1n) is 19.0. The maximum atomic E-state index is 6.61. The highest BCUT2D eigenvalue weighted by Gasteiger charge is 2.21. The average molecular weight is 747 g/mol. The summed E-state index contributed by atoms with van der Waals surface area (Å²) in [4.78, 5) is 15.7. The zero-order chi connectivity index (χ0) is 37.5. The van der Waals surface area contributed by atoms with Crippen molar-refractivity contribution in [2.45, 2.75) is 0 Å². The predicted molar refractivity (Wildman–Crippen MR) is 236 cm³/mol. The van der Waals surface area contributed by atoms with Crippen LogP contribution in [0.2, 0.25) is 0 Å². The Labute approximate surface area is 330 Å². The van der Waals surface area contributed by atoms with Gasteiger partial charge >= 0.3 is 0 Å². The summed E-state index contributed by atoms with van der Waals surface area (Å²) in [5, 5.41) is 6.82. The summed E-state index contributed by atoms with van der Waals surface area (Å²) in [7, 11) is 0. The highest BCUT2D eigenvalue weighted by molar-refractivity contribution is 7.25. The van der Waals surface area contributed by atoms with Crippen molar-refractivity contribution in [3.63, 3.8) is 0 Å². The van der Waals surface area contributed by atoms with Gasteiger partial charge in [-0.1, -0.05) is 109 Å². The molecule has 0 unspecified atom stereocenters. The van der Waals surface area contributed by atoms with E-state index >= 15 is 0 Å². The molecule has 4 heterocycles. The van der Waals surface area contributed by atoms with Gasteiger partial charge in [0, 0.05) is 64.1 Å². The minimum absolute atomic E-state index is 0.589. The van der Waals surface area contributed by atoms with Gasteiger partial charge in [0.1, 0.15) is 11.2 Å². The molecule has 0 saturated carbocycles. The zero-order valence-corrected chi connectivity index (χ0v) is 31.2. The molecule has 0 atom stereocenters. The van der Waals surface area contributed by atoms with Crippen LogP contribution in [-0.4, -0.2) is 19.5 Å². The van der Waals surface area contributed by atoms with Gasteiger partial charge in [0.05, 0.1) is 11.0 Å². The first-order chi connectivity index (χ1) is 28.2. The minimum Gasteiger partial charge on any atom is -0.456 e. The Morgan fingerprint density at radius 3 is 1.88 bits per heavy atom. The van der Waals surface area contributed by atoms with E-state index in [1.807, 2.05) is 41.7 Å². The molecule has 12 rings (SSSR count). The summed E-state index contributed by atoms with van der Waals surface area (Å²) < 4.78 is 11.5. The van der Waals surface area contributed by atoms with Crippen molar-refractivity contribution >= 4 is 75.3 Å². The van der Waals surface area contributed by atoms with Gasteiger partial charge in [-0.3, -0.25) is 0 Å². The van der Waals surface area contributed by atoms with E-state index in [2.05, 4.69) is 156 Å². The quantitative estimate of drug-likeness (QED) is 0.176. The predicted octanol–water partition coefficient (Wildman–Crippen LogP) is 13.9. The Kier molecular flexibility index (Phi) is 7.03. The SMILES string of the molecule is c1ccc(-c2nc(-c3ccc4c(c3)c3ccccc3n4-c3ccccc3)nc(-c3cc(-c4ccc5sc6ccccc6c5c4)cc4oc5ccccc5c34)n2)cc1. The van der Waals surface area contributed by atoms with Crippen molar-refractivity contribution in [3.8, 4) is 51.0 Å². The van der Waals surface area contributed by atoms with Crippen LogP contribution in [-0.2, 0) is 0 Å². The van der Waals surface area contributed by atoms with Crippen molar-refractivity contribution < 1.29 is 4.42 Å². The number of thiophene rings is 1. The van der Waals surface area contributed by atoms with E-state index in [1.165, 1.54) is 25.6 Å². The van der Waals surface area contributed by atoms with Gasteiger partial charge in [0.15, 0.2) is 17.5 Å². The van der Waals surface area contributed by atoms with Crippen LogP contribution in [0.25, 0.3) is 115 Å². The zero-order valence-electron chi connectivity index (χ0n) is 30.4. The molecule has 0 spiro atoms. The molecule has 6 heteroatoms. The van der Waals surface area contributed by atoms with E-state index in [0.29, 0.717) is 17.5 Å². The average Bonchev–Trinajstić information content (AvgIpc) is 3.95. The molecule has 0 N–H and O–H groups in total. The highest BCUT2D eigenvalue weighted by Crippen LogP contribution is 2.42. The van der Waals surface area contributed by atoms with Crippen molar-refractivity contribution in [1.29, 1.82) is 0 Å². The van der Waals surface area contributed by atoms with Gasteiger partial charge in [-0.2, -0.15) is 0 Å². The summed E-state index contributed by atoms with van der Waals surface area (Å²) in [6.45, 7) is 0. The van der Waals surface area contributed by atoms with E-state index in [-0.39, 0.29) is 0 Å². The number of benzene rings is 8. The molecule has 12 aromatic rings. The lowest BCUT2D eigenvalue weighted by Gasteiger charge is -2.12. The van der Waals surface area contributed by atoms with Crippen LogP contribution in [0.15, 0.2) is 186 Å². The lowest BCUT2D eigenvalue weighted by atomic mass is 9.97. The van der Waals surface area contributed by atoms with Gasteiger partial charge in [-0.05, 0) is 83.9 Å². The number of fused-ring (bicyclic) bond motifs is 9. The second kappa shape index (κ2) is 12.6. The van der Waals surface area contributed by atoms with Crippen LogP contribution in [0.5, 0.6) is 0 Å². The molecule has 0 aliphatic carbocycles. The first kappa shape index (κ1) is 31.9. The van der Waals surface area contributed by atoms with Crippen LogP contribution in [0, 0.1) is 0 Å². The Balaban J connectivity index is 1.11. The summed E-state index contributed by atoms with van der Waals surface area (Å²) in [5.41, 5.74) is 9.87. The molecule has 0 amide bonds. The Morgan fingerprint density at radius 1 is 0.386 bits per heavy atom. The minimum atomic E-state index is 0.589. The fourth-order valence-corrected chi connectivity index (χ4v) is 9.50. The maximum absolute atomic E-state index is 6.61. The topological polar surface area (TPSA) is 56.7 Å². The van der Waals surface area contributed by atoms with E-state index in [0.717, 1.165) is 71.9 Å². The van der Waals surface area contributed by atoms with Crippen LogP contribution in [0.3, 0.4) is 0 Å². The Hall–Kier alpha value is -7.41. The lowest BCUT2D eigenvalue weighted by molar-refractivity contribution is 0.669. The van der Waals surface area contributed by atoms with Gasteiger partial charge in [-0.25, -0.2) is 15.0 Å². The molecular weight excluding hydrogens is 717 g/mol. The molecule has 0 aliphatic rings. The standard InChI is InChI=1S/C51H30N4OS/c1-3-13-31(14-4-1)49-52-50(33-23-25-43-39(28-33)36-17-7-10-20-42(36)55(43)35-15-5-2-6-16-35)54-51(53-49)41-29-34(30-45-48(41)38-19-8-11-21-44(38)56-45)32-24-26-47-40(27-32)37-18-9-12-22-46(37)57-47/h1-30H. The van der Waals surface area contributed by atoms with Crippen molar-refractivity contribution in [2.75, 3.05) is 0 Å². The maximum Gasteiger partial charge on any atom is 0.164 e. The Morgan fingerprint density at radius 2 is 1.02 bits per heavy atom. The second-order valence-corrected chi connectivity index (χ2v) is 15.5. The molecule has 0 saturated heterocycles. The number of nitrogens with zero attached hydrogens (tertiary/aromatic N) is 4. The third kappa shape index (κ3) is 5.12. The van der Waals surface area contributed by atoms with Crippen LogP contribution < -0.4 is 0 Å². The van der Waals surface area contributed by atoms with Gasteiger partial charge in [0.25, 0.3) is 0 Å². The van der Waals surface area contributed by atoms with Crippen molar-refractivity contribution in [2.24, 2.45) is 0 Å². The van der Waals surface area contributed by atoms with Gasteiger partial charge in [-0.15, -0.1) is 11.3 Å². The molecule has 0 aliphatic heterocycles. The third-order valence-corrected chi connectivity index (χ3v) is 12.2. The number of rotatable bonds is 5. The second-order valence-electron chi connectivity index (χ2n) is 14.4. The molecule has 0 radical (unpaired) electrons. The van der Waals surface area contributed by atoms with Crippen molar-refractivity contribution in [1.82, 2.24) is 19.5 Å². The highest BCUT2D eigenvalue weighted by atomic mass is 32.1. The largest absolute Gasteiger partial charge is 0.456 e. The molecule has 0 bridgehead atoms. The summed E-state index contributed by atoms with van der Waals surface area (Å²) >= 11 is 1.82. The number of hydrogen-bond acceptors (Lipinski definition) is 5. The molecule has 0 fully saturated rings. The van der Waals surface area contributed by atoms with E-state index in [4.69, 9.17) is 19.4 Å². The van der Waals surface area contributed by atoms with E-state index in [9.17, 15) is 0 Å². The molecule has 266 valence electrons. The first-order valence-corrected chi connectivity index (χ1v) is 19.8. The number of furan rings is 1. The molecular formula is C51H30N4OS. The van der Waals surface area contributed by atoms with E-state index in [1.54, 1.807) is 0 Å². The normalized spacial score (nSPS) is 11.9. The monoisotopic (exact) mass is 746 g/mol. The Bertz CT molecular complexity index is 3530. The lowest BCUT2D eigenvalue weighted by Crippen LogP contribution is -2.01. The number of hydrogen-bond donors (Lipinski definition) is 0. The van der Waals surface area contributed by atoms with Crippen LogP contribution in [0.4, 0.5) is 0 Å². The third-order valence-electron chi connectivity index (χ3n) is 11.0. The number of para-hydroxylation sites is 3. The molecule has 8 aromatic carbocycles. The summed E-state index contributed by atoms with van der Waals surface area (Å²) in [5.74, 6) is 1.81. The summed E-state index contributed by atoms with van der Waals surface area (Å²) in [6, 6.07) is 63.8. The number of aromatic nitrogens is 4. The molecule has 4 aromatic heterocycles. The van der Waals surface area contributed by atoms with Crippen LogP contribution in [0.1, 0.15) is 0 Å². The smallest absolute Gasteiger partial charge is 0.164 e. The summed E-state index contributed by atoms with van der Waals surface area (Å²) in [6.07, 6.45) is 0.